The lowest BCUT2D eigenvalue weighted by Gasteiger charge is -2.08. The van der Waals surface area contributed by atoms with Crippen LogP contribution in [0.25, 0.3) is 0 Å². The molecular weight excluding hydrogens is 204 g/mol. The van der Waals surface area contributed by atoms with E-state index in [0.29, 0.717) is 0 Å². The van der Waals surface area contributed by atoms with E-state index in [2.05, 4.69) is 31.1 Å². The number of hydrogen-bond acceptors (Lipinski definition) is 3. The summed E-state index contributed by atoms with van der Waals surface area (Å²) in [6.45, 7) is 8.88. The van der Waals surface area contributed by atoms with Crippen molar-refractivity contribution in [2.75, 3.05) is 13.1 Å². The summed E-state index contributed by atoms with van der Waals surface area (Å²) in [5.41, 5.74) is 0. The Morgan fingerprint density at radius 1 is 1.47 bits per heavy atom. The zero-order chi connectivity index (χ0) is 11.1. The minimum atomic E-state index is 0.785. The molecule has 0 radical (unpaired) electrons. The Hall–Kier alpha value is -0.410. The van der Waals surface area contributed by atoms with E-state index in [1.165, 1.54) is 16.3 Å². The molecule has 0 bridgehead atoms. The molecule has 0 saturated carbocycles. The maximum absolute atomic E-state index is 4.40. The van der Waals surface area contributed by atoms with Crippen LogP contribution in [0.2, 0.25) is 0 Å². The van der Waals surface area contributed by atoms with Gasteiger partial charge in [-0.3, -0.25) is 0 Å². The predicted octanol–water partition coefficient (Wildman–Crippen LogP) is 2.88. The standard InChI is InChI=1S/C12H22N2S/c1-4-10(3)8-13-7-6-12-14-9-11(5-2)15-12/h9-10,13H,4-8H2,1-3H3. The summed E-state index contributed by atoms with van der Waals surface area (Å²) in [4.78, 5) is 5.80. The number of nitrogens with zero attached hydrogens (tertiary/aromatic N) is 1. The zero-order valence-electron chi connectivity index (χ0n) is 10.0. The zero-order valence-corrected chi connectivity index (χ0v) is 10.9. The largest absolute Gasteiger partial charge is 0.316 e. The number of rotatable bonds is 7. The Labute approximate surface area is 97.1 Å². The van der Waals surface area contributed by atoms with E-state index in [1.54, 1.807) is 0 Å². The van der Waals surface area contributed by atoms with Crippen LogP contribution in [0.4, 0.5) is 0 Å². The van der Waals surface area contributed by atoms with Gasteiger partial charge in [0.25, 0.3) is 0 Å². The monoisotopic (exact) mass is 226 g/mol. The predicted molar refractivity (Wildman–Crippen MR) is 67.5 cm³/mol. The van der Waals surface area contributed by atoms with Gasteiger partial charge in [-0.1, -0.05) is 27.2 Å². The summed E-state index contributed by atoms with van der Waals surface area (Å²) in [6.07, 6.45) is 5.44. The average Bonchev–Trinajstić information content (AvgIpc) is 2.72. The maximum atomic E-state index is 4.40. The van der Waals surface area contributed by atoms with Gasteiger partial charge in [-0.25, -0.2) is 4.98 Å². The fourth-order valence-electron chi connectivity index (χ4n) is 1.32. The Morgan fingerprint density at radius 3 is 2.87 bits per heavy atom. The molecule has 1 heterocycles. The molecule has 1 aromatic rings. The molecule has 1 unspecified atom stereocenters. The second kappa shape index (κ2) is 6.96. The van der Waals surface area contributed by atoms with Gasteiger partial charge in [0.1, 0.15) is 0 Å². The molecule has 0 amide bonds. The Bertz CT molecular complexity index is 270. The van der Waals surface area contributed by atoms with E-state index >= 15 is 0 Å². The fraction of sp³-hybridized carbons (Fsp3) is 0.750. The minimum absolute atomic E-state index is 0.785. The molecular formula is C12H22N2S. The van der Waals surface area contributed by atoms with Gasteiger partial charge in [-0.15, -0.1) is 11.3 Å². The first-order chi connectivity index (χ1) is 7.26. The lowest BCUT2D eigenvalue weighted by atomic mass is 10.1. The molecule has 1 atom stereocenters. The number of aromatic nitrogens is 1. The van der Waals surface area contributed by atoms with Crippen molar-refractivity contribution < 1.29 is 0 Å². The second-order valence-corrected chi connectivity index (χ2v) is 5.24. The first-order valence-corrected chi connectivity index (χ1v) is 6.72. The molecule has 0 fully saturated rings. The van der Waals surface area contributed by atoms with Crippen LogP contribution in [-0.2, 0) is 12.8 Å². The average molecular weight is 226 g/mol. The molecule has 0 aliphatic heterocycles. The molecule has 1 rings (SSSR count). The molecule has 86 valence electrons. The van der Waals surface area contributed by atoms with E-state index in [-0.39, 0.29) is 0 Å². The molecule has 0 aliphatic carbocycles. The third kappa shape index (κ3) is 4.76. The number of aryl methyl sites for hydroxylation is 1. The second-order valence-electron chi connectivity index (χ2n) is 4.04. The van der Waals surface area contributed by atoms with Crippen LogP contribution >= 0.6 is 11.3 Å². The summed E-state index contributed by atoms with van der Waals surface area (Å²) in [6, 6.07) is 0. The van der Waals surface area contributed by atoms with Crippen LogP contribution in [0.15, 0.2) is 6.20 Å². The fourth-order valence-corrected chi connectivity index (χ4v) is 2.18. The normalized spacial score (nSPS) is 13.0. The molecule has 2 nitrogen and oxygen atoms in total. The lowest BCUT2D eigenvalue weighted by Crippen LogP contribution is -2.23. The van der Waals surface area contributed by atoms with E-state index in [9.17, 15) is 0 Å². The summed E-state index contributed by atoms with van der Waals surface area (Å²) < 4.78 is 0. The van der Waals surface area contributed by atoms with E-state index < -0.39 is 0 Å². The van der Waals surface area contributed by atoms with Gasteiger partial charge in [-0.2, -0.15) is 0 Å². The van der Waals surface area contributed by atoms with Crippen molar-refractivity contribution in [2.24, 2.45) is 5.92 Å². The van der Waals surface area contributed by atoms with Gasteiger partial charge in [0, 0.05) is 24.0 Å². The van der Waals surface area contributed by atoms with Crippen LogP contribution in [0.3, 0.4) is 0 Å². The highest BCUT2D eigenvalue weighted by atomic mass is 32.1. The first-order valence-electron chi connectivity index (χ1n) is 5.90. The van der Waals surface area contributed by atoms with E-state index in [0.717, 1.165) is 31.8 Å². The third-order valence-electron chi connectivity index (χ3n) is 2.66. The van der Waals surface area contributed by atoms with E-state index in [1.807, 2.05) is 17.5 Å². The van der Waals surface area contributed by atoms with Crippen LogP contribution in [0.1, 0.15) is 37.1 Å². The topological polar surface area (TPSA) is 24.9 Å². The SMILES string of the molecule is CCc1cnc(CCNCC(C)CC)s1. The maximum Gasteiger partial charge on any atom is 0.0940 e. The highest BCUT2D eigenvalue weighted by Gasteiger charge is 2.01. The molecule has 0 saturated heterocycles. The van der Waals surface area contributed by atoms with Gasteiger partial charge in [0.15, 0.2) is 0 Å². The highest BCUT2D eigenvalue weighted by Crippen LogP contribution is 2.13. The van der Waals surface area contributed by atoms with Crippen molar-refractivity contribution in [2.45, 2.75) is 40.0 Å². The van der Waals surface area contributed by atoms with Crippen LogP contribution in [0.5, 0.6) is 0 Å². The summed E-state index contributed by atoms with van der Waals surface area (Å²) in [7, 11) is 0. The third-order valence-corrected chi connectivity index (χ3v) is 3.86. The summed E-state index contributed by atoms with van der Waals surface area (Å²) >= 11 is 1.85. The van der Waals surface area contributed by atoms with Gasteiger partial charge in [0.05, 0.1) is 5.01 Å². The van der Waals surface area contributed by atoms with Crippen LogP contribution in [-0.4, -0.2) is 18.1 Å². The molecule has 0 aliphatic rings. The molecule has 0 aromatic carbocycles. The summed E-state index contributed by atoms with van der Waals surface area (Å²) in [5, 5.41) is 4.75. The van der Waals surface area contributed by atoms with Gasteiger partial charge in [0.2, 0.25) is 0 Å². The Morgan fingerprint density at radius 2 is 2.27 bits per heavy atom. The quantitative estimate of drug-likeness (QED) is 0.723. The Kier molecular flexibility index (Phi) is 5.88. The molecule has 1 N–H and O–H groups in total. The van der Waals surface area contributed by atoms with Crippen molar-refractivity contribution in [1.29, 1.82) is 0 Å². The molecule has 3 heteroatoms. The summed E-state index contributed by atoms with van der Waals surface area (Å²) in [5.74, 6) is 0.785. The van der Waals surface area contributed by atoms with Crippen molar-refractivity contribution >= 4 is 11.3 Å². The van der Waals surface area contributed by atoms with Crippen LogP contribution < -0.4 is 5.32 Å². The number of nitrogens with one attached hydrogen (secondary N) is 1. The van der Waals surface area contributed by atoms with Gasteiger partial charge < -0.3 is 5.32 Å². The molecule has 15 heavy (non-hydrogen) atoms. The Balaban J connectivity index is 2.14. The number of thiazole rings is 1. The molecule has 0 spiro atoms. The van der Waals surface area contributed by atoms with Crippen molar-refractivity contribution in [3.05, 3.63) is 16.1 Å². The van der Waals surface area contributed by atoms with Crippen molar-refractivity contribution in [1.82, 2.24) is 10.3 Å². The molecule has 1 aromatic heterocycles. The number of hydrogen-bond donors (Lipinski definition) is 1. The highest BCUT2D eigenvalue weighted by molar-refractivity contribution is 7.11. The van der Waals surface area contributed by atoms with Gasteiger partial charge >= 0.3 is 0 Å². The van der Waals surface area contributed by atoms with Crippen molar-refractivity contribution in [3.63, 3.8) is 0 Å². The van der Waals surface area contributed by atoms with E-state index in [4.69, 9.17) is 0 Å². The van der Waals surface area contributed by atoms with Gasteiger partial charge in [-0.05, 0) is 18.9 Å². The smallest absolute Gasteiger partial charge is 0.0940 e. The first kappa shape index (κ1) is 12.7. The van der Waals surface area contributed by atoms with Crippen LogP contribution in [0, 0.1) is 5.92 Å². The minimum Gasteiger partial charge on any atom is -0.316 e. The lowest BCUT2D eigenvalue weighted by molar-refractivity contribution is 0.502. The van der Waals surface area contributed by atoms with Crippen molar-refractivity contribution in [3.8, 4) is 0 Å².